The number of hydrogen-bond acceptors (Lipinski definition) is 1. The van der Waals surface area contributed by atoms with Crippen molar-refractivity contribution < 1.29 is 4.74 Å². The van der Waals surface area contributed by atoms with E-state index in [0.717, 1.165) is 12.2 Å². The third-order valence-corrected chi connectivity index (χ3v) is 5.83. The van der Waals surface area contributed by atoms with E-state index in [1.54, 1.807) is 0 Å². The molecule has 2 aromatic rings. The van der Waals surface area contributed by atoms with Crippen LogP contribution in [0.4, 0.5) is 0 Å². The lowest BCUT2D eigenvalue weighted by Crippen LogP contribution is -2.55. The van der Waals surface area contributed by atoms with Crippen LogP contribution in [0.3, 0.4) is 0 Å². The van der Waals surface area contributed by atoms with Crippen LogP contribution >= 0.6 is 11.6 Å². The van der Waals surface area contributed by atoms with E-state index in [-0.39, 0.29) is 5.41 Å². The van der Waals surface area contributed by atoms with Gasteiger partial charge in [-0.2, -0.15) is 0 Å². The molecule has 0 bridgehead atoms. The average molecular weight is 287 g/mol. The van der Waals surface area contributed by atoms with Crippen LogP contribution in [-0.2, 0) is 0 Å². The molecule has 0 aliphatic heterocycles. The minimum Gasteiger partial charge on any atom is -0.490 e. The molecule has 4 rings (SSSR count). The van der Waals surface area contributed by atoms with Crippen LogP contribution in [0.5, 0.6) is 5.75 Å². The summed E-state index contributed by atoms with van der Waals surface area (Å²) in [6.07, 6.45) is 6.39. The van der Waals surface area contributed by atoms with Crippen molar-refractivity contribution in [3.8, 4) is 5.75 Å². The van der Waals surface area contributed by atoms with Crippen molar-refractivity contribution in [2.24, 2.45) is 5.41 Å². The van der Waals surface area contributed by atoms with E-state index in [9.17, 15) is 0 Å². The number of rotatable bonds is 2. The molecule has 0 saturated heterocycles. The fourth-order valence-electron chi connectivity index (χ4n) is 3.94. The maximum atomic E-state index is 6.49. The molecule has 2 fully saturated rings. The first-order chi connectivity index (χ1) is 9.78. The second-order valence-electron chi connectivity index (χ2n) is 6.26. The zero-order valence-corrected chi connectivity index (χ0v) is 12.3. The van der Waals surface area contributed by atoms with Crippen LogP contribution in [-0.4, -0.2) is 11.5 Å². The van der Waals surface area contributed by atoms with Gasteiger partial charge in [0.05, 0.1) is 0 Å². The Kier molecular flexibility index (Phi) is 2.92. The third-order valence-electron chi connectivity index (χ3n) is 5.22. The van der Waals surface area contributed by atoms with Gasteiger partial charge in [0, 0.05) is 17.2 Å². The molecule has 2 unspecified atom stereocenters. The van der Waals surface area contributed by atoms with Gasteiger partial charge in [-0.05, 0) is 35.7 Å². The van der Waals surface area contributed by atoms with E-state index in [0.29, 0.717) is 11.5 Å². The molecule has 104 valence electrons. The monoisotopic (exact) mass is 286 g/mol. The Morgan fingerprint density at radius 3 is 2.50 bits per heavy atom. The van der Waals surface area contributed by atoms with Crippen LogP contribution in [0.25, 0.3) is 10.8 Å². The highest BCUT2D eigenvalue weighted by Crippen LogP contribution is 2.57. The Labute approximate surface area is 124 Å². The smallest absolute Gasteiger partial charge is 0.120 e. The summed E-state index contributed by atoms with van der Waals surface area (Å²) in [5.74, 6) is 0.989. The van der Waals surface area contributed by atoms with E-state index in [4.69, 9.17) is 16.3 Å². The number of benzene rings is 2. The van der Waals surface area contributed by atoms with Crippen molar-refractivity contribution in [2.45, 2.75) is 43.6 Å². The first-order valence-corrected chi connectivity index (χ1v) is 8.01. The maximum absolute atomic E-state index is 6.49. The summed E-state index contributed by atoms with van der Waals surface area (Å²) in [7, 11) is 0. The highest BCUT2D eigenvalue weighted by Gasteiger charge is 2.56. The van der Waals surface area contributed by atoms with Gasteiger partial charge in [-0.15, -0.1) is 11.6 Å². The van der Waals surface area contributed by atoms with Gasteiger partial charge in [0.25, 0.3) is 0 Å². The molecule has 0 amide bonds. The predicted molar refractivity (Wildman–Crippen MR) is 83.5 cm³/mol. The minimum absolute atomic E-state index is 0.257. The first-order valence-electron chi connectivity index (χ1n) is 7.57. The molecule has 20 heavy (non-hydrogen) atoms. The molecular formula is C18H19ClO. The van der Waals surface area contributed by atoms with Crippen molar-refractivity contribution in [3.63, 3.8) is 0 Å². The number of fused-ring (bicyclic) bond motifs is 1. The van der Waals surface area contributed by atoms with E-state index in [1.165, 1.54) is 36.5 Å². The summed E-state index contributed by atoms with van der Waals surface area (Å²) in [6.45, 7) is 0. The number of hydrogen-bond donors (Lipinski definition) is 0. The lowest BCUT2D eigenvalue weighted by molar-refractivity contribution is -0.0354. The molecule has 2 heteroatoms. The van der Waals surface area contributed by atoms with E-state index in [1.807, 2.05) is 0 Å². The molecule has 2 aliphatic rings. The van der Waals surface area contributed by atoms with Crippen LogP contribution in [0, 0.1) is 5.41 Å². The van der Waals surface area contributed by atoms with Gasteiger partial charge in [0.15, 0.2) is 0 Å². The highest BCUT2D eigenvalue weighted by atomic mass is 35.5. The Balaban J connectivity index is 1.58. The third kappa shape index (κ3) is 1.83. The fourth-order valence-corrected chi connectivity index (χ4v) is 4.46. The van der Waals surface area contributed by atoms with E-state index >= 15 is 0 Å². The van der Waals surface area contributed by atoms with Crippen LogP contribution in [0.2, 0.25) is 0 Å². The average Bonchev–Trinajstić information content (AvgIpc) is 2.99. The molecule has 2 aliphatic carbocycles. The van der Waals surface area contributed by atoms with Crippen molar-refractivity contribution >= 4 is 22.4 Å². The Morgan fingerprint density at radius 1 is 1.00 bits per heavy atom. The summed E-state index contributed by atoms with van der Waals surface area (Å²) in [5, 5.41) is 2.82. The van der Waals surface area contributed by atoms with Crippen LogP contribution < -0.4 is 4.74 Å². The normalized spacial score (nSPS) is 27.6. The Hall–Kier alpha value is -1.21. The van der Waals surface area contributed by atoms with Crippen molar-refractivity contribution in [2.75, 3.05) is 0 Å². The van der Waals surface area contributed by atoms with E-state index in [2.05, 4.69) is 42.5 Å². The number of alkyl halides is 1. The summed E-state index contributed by atoms with van der Waals surface area (Å²) < 4.78 is 6.28. The Bertz CT molecular complexity index is 630. The molecule has 2 aromatic carbocycles. The summed E-state index contributed by atoms with van der Waals surface area (Å²) in [4.78, 5) is 0. The lowest BCUT2D eigenvalue weighted by atomic mass is 9.64. The number of ether oxygens (including phenoxy) is 1. The van der Waals surface area contributed by atoms with Crippen molar-refractivity contribution in [1.29, 1.82) is 0 Å². The SMILES string of the molecule is ClC1CC(Oc2ccc3ccccc3c2)C12CCCC2. The van der Waals surface area contributed by atoms with E-state index < -0.39 is 0 Å². The molecule has 1 spiro atoms. The van der Waals surface area contributed by atoms with Gasteiger partial charge < -0.3 is 4.74 Å². The maximum Gasteiger partial charge on any atom is 0.120 e. The standard InChI is InChI=1S/C18H19ClO/c19-16-12-17(18(16)9-3-4-10-18)20-15-8-7-13-5-1-2-6-14(13)11-15/h1-2,5-8,11,16-17H,3-4,9-10,12H2. The summed E-state index contributed by atoms with van der Waals surface area (Å²) in [5.41, 5.74) is 0.257. The van der Waals surface area contributed by atoms with Gasteiger partial charge in [0.1, 0.15) is 11.9 Å². The summed E-state index contributed by atoms with van der Waals surface area (Å²) in [6, 6.07) is 14.8. The van der Waals surface area contributed by atoms with Gasteiger partial charge in [-0.25, -0.2) is 0 Å². The molecule has 1 nitrogen and oxygen atoms in total. The van der Waals surface area contributed by atoms with Crippen LogP contribution in [0.1, 0.15) is 32.1 Å². The topological polar surface area (TPSA) is 9.23 Å². The summed E-state index contributed by atoms with van der Waals surface area (Å²) >= 11 is 6.49. The molecule has 0 aromatic heterocycles. The lowest BCUT2D eigenvalue weighted by Gasteiger charge is -2.50. The predicted octanol–water partition coefficient (Wildman–Crippen LogP) is 5.16. The Morgan fingerprint density at radius 2 is 1.75 bits per heavy atom. The largest absolute Gasteiger partial charge is 0.490 e. The molecule has 2 atom stereocenters. The van der Waals surface area contributed by atoms with Crippen molar-refractivity contribution in [1.82, 2.24) is 0 Å². The fraction of sp³-hybridized carbons (Fsp3) is 0.444. The van der Waals surface area contributed by atoms with Gasteiger partial charge in [-0.1, -0.05) is 43.2 Å². The molecule has 2 saturated carbocycles. The second kappa shape index (κ2) is 4.66. The molecule has 0 heterocycles. The van der Waals surface area contributed by atoms with Crippen LogP contribution in [0.15, 0.2) is 42.5 Å². The van der Waals surface area contributed by atoms with Gasteiger partial charge in [0.2, 0.25) is 0 Å². The first kappa shape index (κ1) is 12.5. The minimum atomic E-state index is 0.257. The van der Waals surface area contributed by atoms with Gasteiger partial charge in [-0.3, -0.25) is 0 Å². The zero-order valence-electron chi connectivity index (χ0n) is 11.5. The second-order valence-corrected chi connectivity index (χ2v) is 6.79. The number of halogens is 1. The quantitative estimate of drug-likeness (QED) is 0.693. The molecular weight excluding hydrogens is 268 g/mol. The molecule has 0 radical (unpaired) electrons. The zero-order chi connectivity index (χ0) is 13.6. The highest BCUT2D eigenvalue weighted by molar-refractivity contribution is 6.21. The van der Waals surface area contributed by atoms with Crippen molar-refractivity contribution in [3.05, 3.63) is 42.5 Å². The van der Waals surface area contributed by atoms with Gasteiger partial charge >= 0.3 is 0 Å². The molecule has 0 N–H and O–H groups in total.